The lowest BCUT2D eigenvalue weighted by Gasteiger charge is -2.07. The van der Waals surface area contributed by atoms with Crippen LogP contribution in [-0.2, 0) is 0 Å². The van der Waals surface area contributed by atoms with Crippen LogP contribution >= 0.6 is 11.3 Å². The van der Waals surface area contributed by atoms with Gasteiger partial charge in [0.1, 0.15) is 0 Å². The highest BCUT2D eigenvalue weighted by molar-refractivity contribution is 7.14. The molecule has 1 aromatic rings. The Bertz CT molecular complexity index is 280. The second kappa shape index (κ2) is 3.58. The molecule has 0 fully saturated rings. The third-order valence-electron chi connectivity index (χ3n) is 1.50. The van der Waals surface area contributed by atoms with Gasteiger partial charge in [-0.15, -0.1) is 11.3 Å². The Kier molecular flexibility index (Phi) is 2.70. The Morgan fingerprint density at radius 1 is 1.58 bits per heavy atom. The van der Waals surface area contributed by atoms with Gasteiger partial charge >= 0.3 is 0 Å². The monoisotopic (exact) mass is 184 g/mol. The van der Waals surface area contributed by atoms with Crippen molar-refractivity contribution in [3.63, 3.8) is 0 Å². The van der Waals surface area contributed by atoms with Crippen LogP contribution in [0.4, 0.5) is 5.00 Å². The van der Waals surface area contributed by atoms with Gasteiger partial charge in [-0.1, -0.05) is 0 Å². The van der Waals surface area contributed by atoms with Crippen molar-refractivity contribution in [2.75, 3.05) is 26.5 Å². The average Bonchev–Trinajstić information content (AvgIpc) is 2.50. The van der Waals surface area contributed by atoms with Gasteiger partial charge in [-0.05, 0) is 6.07 Å². The molecule has 1 rings (SSSR count). The zero-order chi connectivity index (χ0) is 9.14. The fraction of sp³-hybridized carbons (Fsp3) is 0.375. The molecule has 0 saturated carbocycles. The van der Waals surface area contributed by atoms with E-state index >= 15 is 0 Å². The van der Waals surface area contributed by atoms with E-state index in [2.05, 4.69) is 5.32 Å². The molecule has 0 atom stereocenters. The molecule has 0 bridgehead atoms. The normalized spacial score (nSPS) is 9.58. The Hall–Kier alpha value is -1.03. The second-order valence-electron chi connectivity index (χ2n) is 2.65. The van der Waals surface area contributed by atoms with Gasteiger partial charge < -0.3 is 10.2 Å². The minimum atomic E-state index is 0.0488. The van der Waals surface area contributed by atoms with Crippen molar-refractivity contribution in [2.45, 2.75) is 0 Å². The molecule has 0 unspecified atom stereocenters. The lowest BCUT2D eigenvalue weighted by Crippen LogP contribution is -2.20. The van der Waals surface area contributed by atoms with Crippen LogP contribution in [0.3, 0.4) is 0 Å². The van der Waals surface area contributed by atoms with Gasteiger partial charge in [0.25, 0.3) is 5.91 Å². The first-order valence-electron chi connectivity index (χ1n) is 3.63. The maximum absolute atomic E-state index is 11.4. The van der Waals surface area contributed by atoms with Crippen LogP contribution in [-0.4, -0.2) is 32.0 Å². The third kappa shape index (κ3) is 1.76. The van der Waals surface area contributed by atoms with E-state index in [1.807, 2.05) is 18.5 Å². The lowest BCUT2D eigenvalue weighted by molar-refractivity contribution is 0.0828. The van der Waals surface area contributed by atoms with Crippen LogP contribution in [0, 0.1) is 0 Å². The Balaban J connectivity index is 2.82. The van der Waals surface area contributed by atoms with Crippen molar-refractivity contribution in [2.24, 2.45) is 0 Å². The predicted molar refractivity (Wildman–Crippen MR) is 51.9 cm³/mol. The molecule has 0 saturated heterocycles. The summed E-state index contributed by atoms with van der Waals surface area (Å²) in [6.07, 6.45) is 0. The van der Waals surface area contributed by atoms with Crippen LogP contribution in [0.1, 0.15) is 10.4 Å². The number of carbonyl (C=O) groups excluding carboxylic acids is 1. The first kappa shape index (κ1) is 9.06. The Morgan fingerprint density at radius 3 is 2.67 bits per heavy atom. The molecule has 12 heavy (non-hydrogen) atoms. The summed E-state index contributed by atoms with van der Waals surface area (Å²) >= 11 is 1.54. The maximum atomic E-state index is 11.4. The van der Waals surface area contributed by atoms with Gasteiger partial charge in [0.05, 0.1) is 10.6 Å². The van der Waals surface area contributed by atoms with Crippen LogP contribution in [0.5, 0.6) is 0 Å². The zero-order valence-electron chi connectivity index (χ0n) is 7.42. The van der Waals surface area contributed by atoms with Gasteiger partial charge in [0, 0.05) is 26.5 Å². The lowest BCUT2D eigenvalue weighted by atomic mass is 10.3. The van der Waals surface area contributed by atoms with Crippen LogP contribution < -0.4 is 5.32 Å². The molecule has 66 valence electrons. The summed E-state index contributed by atoms with van der Waals surface area (Å²) in [4.78, 5) is 12.9. The number of hydrogen-bond acceptors (Lipinski definition) is 3. The van der Waals surface area contributed by atoms with Crippen molar-refractivity contribution >= 4 is 22.2 Å². The van der Waals surface area contributed by atoms with Gasteiger partial charge in [-0.2, -0.15) is 0 Å². The number of hydrogen-bond donors (Lipinski definition) is 1. The number of amides is 1. The molecule has 4 heteroatoms. The number of rotatable bonds is 2. The number of nitrogens with one attached hydrogen (secondary N) is 1. The average molecular weight is 184 g/mol. The highest BCUT2D eigenvalue weighted by Gasteiger charge is 2.09. The van der Waals surface area contributed by atoms with Crippen molar-refractivity contribution in [3.05, 3.63) is 17.0 Å². The maximum Gasteiger partial charge on any atom is 0.254 e. The third-order valence-corrected chi connectivity index (χ3v) is 2.45. The summed E-state index contributed by atoms with van der Waals surface area (Å²) in [6, 6.07) is 1.85. The standard InChI is InChI=1S/C8H12N2OS/c1-9-7-4-6(5-12-7)8(11)10(2)3/h4-5,9H,1-3H3. The molecular weight excluding hydrogens is 172 g/mol. The van der Waals surface area contributed by atoms with Crippen molar-refractivity contribution in [1.82, 2.24) is 4.90 Å². The number of thiophene rings is 1. The summed E-state index contributed by atoms with van der Waals surface area (Å²) in [6.45, 7) is 0. The van der Waals surface area contributed by atoms with Gasteiger partial charge in [0.15, 0.2) is 0 Å². The van der Waals surface area contributed by atoms with Crippen LogP contribution in [0.2, 0.25) is 0 Å². The minimum Gasteiger partial charge on any atom is -0.380 e. The molecule has 0 aliphatic rings. The summed E-state index contributed by atoms with van der Waals surface area (Å²) in [5.74, 6) is 0.0488. The summed E-state index contributed by atoms with van der Waals surface area (Å²) in [5, 5.41) is 5.86. The Labute approximate surface area is 76.0 Å². The number of anilines is 1. The summed E-state index contributed by atoms with van der Waals surface area (Å²) in [7, 11) is 5.34. The number of nitrogens with zero attached hydrogens (tertiary/aromatic N) is 1. The SMILES string of the molecule is CNc1cc(C(=O)N(C)C)cs1. The summed E-state index contributed by atoms with van der Waals surface area (Å²) in [5.41, 5.74) is 0.745. The first-order chi connectivity index (χ1) is 5.65. The Morgan fingerprint density at radius 2 is 2.25 bits per heavy atom. The van der Waals surface area contributed by atoms with E-state index in [1.165, 1.54) is 11.3 Å². The molecule has 0 aliphatic carbocycles. The zero-order valence-corrected chi connectivity index (χ0v) is 8.23. The van der Waals surface area contributed by atoms with Crippen LogP contribution in [0.25, 0.3) is 0 Å². The molecule has 1 N–H and O–H groups in total. The molecule has 1 aromatic heterocycles. The smallest absolute Gasteiger partial charge is 0.254 e. The molecule has 0 aromatic carbocycles. The van der Waals surface area contributed by atoms with Gasteiger partial charge in [0.2, 0.25) is 0 Å². The predicted octanol–water partition coefficient (Wildman–Crippen LogP) is 1.49. The first-order valence-corrected chi connectivity index (χ1v) is 4.51. The minimum absolute atomic E-state index is 0.0488. The molecule has 0 radical (unpaired) electrons. The quantitative estimate of drug-likeness (QED) is 0.755. The van der Waals surface area contributed by atoms with E-state index in [0.717, 1.165) is 10.6 Å². The van der Waals surface area contributed by atoms with Gasteiger partial charge in [-0.3, -0.25) is 4.79 Å². The highest BCUT2D eigenvalue weighted by Crippen LogP contribution is 2.20. The van der Waals surface area contributed by atoms with E-state index in [9.17, 15) is 4.79 Å². The molecule has 0 spiro atoms. The summed E-state index contributed by atoms with van der Waals surface area (Å²) < 4.78 is 0. The second-order valence-corrected chi connectivity index (χ2v) is 3.56. The van der Waals surface area contributed by atoms with E-state index in [1.54, 1.807) is 19.0 Å². The van der Waals surface area contributed by atoms with Crippen LogP contribution in [0.15, 0.2) is 11.4 Å². The fourth-order valence-corrected chi connectivity index (χ4v) is 1.57. The van der Waals surface area contributed by atoms with Crippen molar-refractivity contribution < 1.29 is 4.79 Å². The topological polar surface area (TPSA) is 32.3 Å². The molecular formula is C8H12N2OS. The van der Waals surface area contributed by atoms with Crippen molar-refractivity contribution in [3.8, 4) is 0 Å². The van der Waals surface area contributed by atoms with E-state index in [4.69, 9.17) is 0 Å². The van der Waals surface area contributed by atoms with E-state index in [0.29, 0.717) is 0 Å². The number of carbonyl (C=O) groups is 1. The van der Waals surface area contributed by atoms with Crippen molar-refractivity contribution in [1.29, 1.82) is 0 Å². The van der Waals surface area contributed by atoms with Gasteiger partial charge in [-0.25, -0.2) is 0 Å². The molecule has 0 aliphatic heterocycles. The largest absolute Gasteiger partial charge is 0.380 e. The van der Waals surface area contributed by atoms with E-state index in [-0.39, 0.29) is 5.91 Å². The fourth-order valence-electron chi connectivity index (χ4n) is 0.838. The van der Waals surface area contributed by atoms with E-state index < -0.39 is 0 Å². The molecule has 1 amide bonds. The molecule has 1 heterocycles. The highest BCUT2D eigenvalue weighted by atomic mass is 32.1. The molecule has 3 nitrogen and oxygen atoms in total.